The van der Waals surface area contributed by atoms with Crippen LogP contribution in [0.3, 0.4) is 0 Å². The van der Waals surface area contributed by atoms with Crippen molar-refractivity contribution < 1.29 is 9.53 Å². The van der Waals surface area contributed by atoms with E-state index in [4.69, 9.17) is 4.74 Å². The van der Waals surface area contributed by atoms with Crippen molar-refractivity contribution in [2.45, 2.75) is 45.6 Å². The largest absolute Gasteiger partial charge is 0.385 e. The smallest absolute Gasteiger partial charge is 0.222 e. The van der Waals surface area contributed by atoms with Crippen molar-refractivity contribution in [3.8, 4) is 0 Å². The molecule has 2 saturated heterocycles. The molecule has 2 fully saturated rings. The van der Waals surface area contributed by atoms with E-state index in [2.05, 4.69) is 25.0 Å². The van der Waals surface area contributed by atoms with Crippen LogP contribution in [-0.2, 0) is 16.1 Å². The Morgan fingerprint density at radius 1 is 1.29 bits per heavy atom. The molecule has 0 atom stereocenters. The zero-order valence-electron chi connectivity index (χ0n) is 14.9. The molecule has 1 N–H and O–H groups in total. The third-order valence-corrected chi connectivity index (χ3v) is 5.45. The average molecular weight is 335 g/mol. The van der Waals surface area contributed by atoms with Crippen LogP contribution in [0.15, 0.2) is 0 Å². The summed E-state index contributed by atoms with van der Waals surface area (Å²) in [5, 5.41) is 7.14. The summed E-state index contributed by atoms with van der Waals surface area (Å²) in [6.07, 6.45) is 4.98. The van der Waals surface area contributed by atoms with Crippen LogP contribution in [0.1, 0.15) is 43.8 Å². The van der Waals surface area contributed by atoms with E-state index in [-0.39, 0.29) is 0 Å². The van der Waals surface area contributed by atoms with Gasteiger partial charge in [-0.1, -0.05) is 0 Å². The highest BCUT2D eigenvalue weighted by Crippen LogP contribution is 2.40. The second kappa shape index (κ2) is 7.61. The van der Waals surface area contributed by atoms with Gasteiger partial charge in [0.15, 0.2) is 5.82 Å². The average Bonchev–Trinajstić information content (AvgIpc) is 2.99. The number of rotatable bonds is 6. The minimum Gasteiger partial charge on any atom is -0.385 e. The van der Waals surface area contributed by atoms with Crippen molar-refractivity contribution in [2.24, 2.45) is 5.41 Å². The first kappa shape index (κ1) is 17.4. The number of likely N-dealkylation sites (tertiary alicyclic amines) is 2. The maximum Gasteiger partial charge on any atom is 0.222 e. The molecule has 7 heteroatoms. The molecule has 1 amide bonds. The van der Waals surface area contributed by atoms with Gasteiger partial charge in [-0.05, 0) is 51.1 Å². The highest BCUT2D eigenvalue weighted by molar-refractivity contribution is 5.77. The fourth-order valence-electron chi connectivity index (χ4n) is 3.96. The van der Waals surface area contributed by atoms with Crippen molar-refractivity contribution in [3.63, 3.8) is 0 Å². The molecule has 0 unspecified atom stereocenters. The number of amides is 1. The maximum absolute atomic E-state index is 12.2. The van der Waals surface area contributed by atoms with E-state index < -0.39 is 0 Å². The van der Waals surface area contributed by atoms with Crippen molar-refractivity contribution in [2.75, 3.05) is 39.9 Å². The minimum absolute atomic E-state index is 0.312. The third-order valence-electron chi connectivity index (χ3n) is 5.45. The molecule has 0 bridgehead atoms. The molecular weight excluding hydrogens is 306 g/mol. The van der Waals surface area contributed by atoms with Crippen molar-refractivity contribution in [1.29, 1.82) is 0 Å². The first-order valence-corrected chi connectivity index (χ1v) is 8.97. The SMILES string of the molecule is COCCCN1CC2(CCC1=O)CCN(Cc1n[nH]c(C)n1)CC2. The lowest BCUT2D eigenvalue weighted by Crippen LogP contribution is -2.51. The second-order valence-corrected chi connectivity index (χ2v) is 7.27. The highest BCUT2D eigenvalue weighted by atomic mass is 16.5. The van der Waals surface area contributed by atoms with Gasteiger partial charge >= 0.3 is 0 Å². The van der Waals surface area contributed by atoms with Gasteiger partial charge in [0.25, 0.3) is 0 Å². The Hall–Kier alpha value is -1.47. The molecule has 1 aromatic rings. The number of H-pyrrole nitrogens is 1. The van der Waals surface area contributed by atoms with Crippen molar-refractivity contribution >= 4 is 5.91 Å². The molecule has 2 aliphatic rings. The van der Waals surface area contributed by atoms with Gasteiger partial charge in [0.2, 0.25) is 5.91 Å². The molecule has 0 saturated carbocycles. The third kappa shape index (κ3) is 4.13. The lowest BCUT2D eigenvalue weighted by Gasteiger charge is -2.47. The van der Waals surface area contributed by atoms with Crippen LogP contribution in [0, 0.1) is 12.3 Å². The number of nitrogens with zero attached hydrogens (tertiary/aromatic N) is 4. The number of ether oxygens (including phenoxy) is 1. The van der Waals surface area contributed by atoms with Gasteiger partial charge in [0.1, 0.15) is 5.82 Å². The van der Waals surface area contributed by atoms with Crippen LogP contribution >= 0.6 is 0 Å². The molecule has 1 spiro atoms. The Kier molecular flexibility index (Phi) is 5.50. The molecule has 7 nitrogen and oxygen atoms in total. The van der Waals surface area contributed by atoms with Crippen molar-refractivity contribution in [1.82, 2.24) is 25.0 Å². The van der Waals surface area contributed by atoms with E-state index in [1.54, 1.807) is 7.11 Å². The molecule has 2 aliphatic heterocycles. The van der Waals surface area contributed by atoms with Gasteiger partial charge in [0.05, 0.1) is 6.54 Å². The number of carbonyl (C=O) groups excluding carboxylic acids is 1. The predicted molar refractivity (Wildman–Crippen MR) is 90.4 cm³/mol. The zero-order valence-corrected chi connectivity index (χ0v) is 14.9. The van der Waals surface area contributed by atoms with E-state index in [1.807, 2.05) is 6.92 Å². The lowest BCUT2D eigenvalue weighted by molar-refractivity contribution is -0.139. The van der Waals surface area contributed by atoms with Crippen LogP contribution in [0.4, 0.5) is 0 Å². The Morgan fingerprint density at radius 3 is 2.75 bits per heavy atom. The second-order valence-electron chi connectivity index (χ2n) is 7.27. The predicted octanol–water partition coefficient (Wildman–Crippen LogP) is 1.35. The number of hydrogen-bond acceptors (Lipinski definition) is 5. The Morgan fingerprint density at radius 2 is 2.08 bits per heavy atom. The summed E-state index contributed by atoms with van der Waals surface area (Å²) in [4.78, 5) is 21.1. The number of hydrogen-bond donors (Lipinski definition) is 1. The summed E-state index contributed by atoms with van der Waals surface area (Å²) >= 11 is 0. The summed E-state index contributed by atoms with van der Waals surface area (Å²) in [6.45, 7) is 7.34. The van der Waals surface area contributed by atoms with Crippen molar-refractivity contribution in [3.05, 3.63) is 11.6 Å². The van der Waals surface area contributed by atoms with Gasteiger partial charge in [-0.25, -0.2) is 4.98 Å². The number of piperidine rings is 2. The molecule has 24 heavy (non-hydrogen) atoms. The zero-order chi connectivity index (χ0) is 17.0. The van der Waals surface area contributed by atoms with E-state index in [1.165, 1.54) is 0 Å². The monoisotopic (exact) mass is 335 g/mol. The molecule has 134 valence electrons. The topological polar surface area (TPSA) is 74.3 Å². The fraction of sp³-hybridized carbons (Fsp3) is 0.824. The minimum atomic E-state index is 0.312. The summed E-state index contributed by atoms with van der Waals surface area (Å²) in [6, 6.07) is 0. The van der Waals surface area contributed by atoms with Crippen LogP contribution in [0.25, 0.3) is 0 Å². The molecule has 0 aliphatic carbocycles. The Balaban J connectivity index is 1.51. The molecule has 1 aromatic heterocycles. The Bertz CT molecular complexity index is 551. The quantitative estimate of drug-likeness (QED) is 0.795. The van der Waals surface area contributed by atoms with E-state index in [0.717, 1.165) is 76.7 Å². The van der Waals surface area contributed by atoms with Crippen LogP contribution in [0.5, 0.6) is 0 Å². The number of nitrogens with one attached hydrogen (secondary N) is 1. The number of aromatic nitrogens is 3. The van der Waals surface area contributed by atoms with E-state index in [0.29, 0.717) is 17.7 Å². The fourth-order valence-corrected chi connectivity index (χ4v) is 3.96. The maximum atomic E-state index is 12.2. The van der Waals surface area contributed by atoms with Crippen LogP contribution in [0.2, 0.25) is 0 Å². The number of aryl methyl sites for hydroxylation is 1. The first-order valence-electron chi connectivity index (χ1n) is 8.97. The van der Waals surface area contributed by atoms with Gasteiger partial charge in [-0.3, -0.25) is 14.8 Å². The Labute approximate surface area is 143 Å². The lowest BCUT2D eigenvalue weighted by atomic mass is 9.72. The molecule has 3 heterocycles. The van der Waals surface area contributed by atoms with Crippen LogP contribution in [-0.4, -0.2) is 70.8 Å². The normalized spacial score (nSPS) is 21.6. The number of aromatic amines is 1. The molecule has 3 rings (SSSR count). The first-order chi connectivity index (χ1) is 11.6. The summed E-state index contributed by atoms with van der Waals surface area (Å²) in [7, 11) is 1.71. The summed E-state index contributed by atoms with van der Waals surface area (Å²) in [5.41, 5.74) is 0.312. The van der Waals surface area contributed by atoms with Gasteiger partial charge in [-0.15, -0.1) is 0 Å². The highest BCUT2D eigenvalue weighted by Gasteiger charge is 2.40. The van der Waals surface area contributed by atoms with Gasteiger partial charge < -0.3 is 9.64 Å². The standard InChI is InChI=1S/C17H29N5O2/c1-14-18-15(20-19-14)12-21-9-6-17(7-10-21)5-4-16(23)22(13-17)8-3-11-24-2/h3-13H2,1-2H3,(H,18,19,20). The molecule has 0 aromatic carbocycles. The van der Waals surface area contributed by atoms with E-state index in [9.17, 15) is 4.79 Å². The van der Waals surface area contributed by atoms with Gasteiger partial charge in [-0.2, -0.15) is 5.10 Å². The number of methoxy groups -OCH3 is 1. The summed E-state index contributed by atoms with van der Waals surface area (Å²) in [5.74, 6) is 2.06. The van der Waals surface area contributed by atoms with Gasteiger partial charge in [0, 0.05) is 33.2 Å². The van der Waals surface area contributed by atoms with E-state index >= 15 is 0 Å². The van der Waals surface area contributed by atoms with Crippen LogP contribution < -0.4 is 0 Å². The molecular formula is C17H29N5O2. The molecule has 0 radical (unpaired) electrons. The number of carbonyl (C=O) groups is 1. The summed E-state index contributed by atoms with van der Waals surface area (Å²) < 4.78 is 5.12.